The van der Waals surface area contributed by atoms with E-state index in [1.54, 1.807) is 0 Å². The summed E-state index contributed by atoms with van der Waals surface area (Å²) < 4.78 is 2.96. The molecule has 2 aromatic heterocycles. The Labute approximate surface area is 83.9 Å². The molecule has 0 amide bonds. The van der Waals surface area contributed by atoms with Crippen LogP contribution in [0.25, 0.3) is 5.65 Å². The van der Waals surface area contributed by atoms with Gasteiger partial charge in [-0.2, -0.15) is 5.10 Å². The molecule has 0 aliphatic carbocycles. The van der Waals surface area contributed by atoms with Gasteiger partial charge in [0.15, 0.2) is 5.65 Å². The first-order chi connectivity index (χ1) is 5.68. The zero-order chi connectivity index (χ0) is 8.72. The fourth-order valence-electron chi connectivity index (χ4n) is 1.16. The van der Waals surface area contributed by atoms with Crippen LogP contribution in [0.5, 0.6) is 0 Å². The van der Waals surface area contributed by atoms with E-state index in [9.17, 15) is 0 Å². The molecular formula is C8H8IN3. The van der Waals surface area contributed by atoms with Crippen LogP contribution in [0.1, 0.15) is 11.4 Å². The molecule has 12 heavy (non-hydrogen) atoms. The van der Waals surface area contributed by atoms with Crippen LogP contribution in [-0.2, 0) is 0 Å². The largest absolute Gasteiger partial charge is 0.212 e. The number of aromatic nitrogens is 3. The second-order valence-electron chi connectivity index (χ2n) is 2.73. The third kappa shape index (κ3) is 1.10. The molecule has 0 fully saturated rings. The summed E-state index contributed by atoms with van der Waals surface area (Å²) in [4.78, 5) is 4.32. The highest BCUT2D eigenvalue weighted by Gasteiger charge is 2.04. The van der Waals surface area contributed by atoms with Crippen LogP contribution < -0.4 is 0 Å². The highest BCUT2D eigenvalue weighted by molar-refractivity contribution is 14.1. The fourth-order valence-corrected chi connectivity index (χ4v) is 1.67. The molecule has 0 aromatic carbocycles. The minimum Gasteiger partial charge on any atom is -0.212 e. The first kappa shape index (κ1) is 7.97. The van der Waals surface area contributed by atoms with Gasteiger partial charge in [0.25, 0.3) is 0 Å². The van der Waals surface area contributed by atoms with Crippen molar-refractivity contribution >= 4 is 28.2 Å². The summed E-state index contributed by atoms with van der Waals surface area (Å²) in [6.07, 6.45) is 0. The van der Waals surface area contributed by atoms with E-state index in [2.05, 4.69) is 38.7 Å². The third-order valence-electron chi connectivity index (χ3n) is 1.74. The number of halogens is 1. The summed E-state index contributed by atoms with van der Waals surface area (Å²) in [6.45, 7) is 3.95. The molecule has 2 aromatic rings. The lowest BCUT2D eigenvalue weighted by Crippen LogP contribution is -1.94. The maximum Gasteiger partial charge on any atom is 0.159 e. The van der Waals surface area contributed by atoms with Gasteiger partial charge in [0, 0.05) is 0 Å². The van der Waals surface area contributed by atoms with Gasteiger partial charge < -0.3 is 0 Å². The van der Waals surface area contributed by atoms with Crippen molar-refractivity contribution in [2.45, 2.75) is 13.8 Å². The Morgan fingerprint density at radius 1 is 1.33 bits per heavy atom. The molecule has 0 bridgehead atoms. The number of pyridine rings is 1. The molecular weight excluding hydrogens is 265 g/mol. The van der Waals surface area contributed by atoms with Crippen molar-refractivity contribution in [2.75, 3.05) is 0 Å². The highest BCUT2D eigenvalue weighted by Crippen LogP contribution is 2.12. The van der Waals surface area contributed by atoms with Gasteiger partial charge in [0.05, 0.1) is 0 Å². The predicted octanol–water partition coefficient (Wildman–Crippen LogP) is 1.95. The maximum atomic E-state index is 4.32. The lowest BCUT2D eigenvalue weighted by atomic mass is 10.3. The van der Waals surface area contributed by atoms with Gasteiger partial charge >= 0.3 is 0 Å². The van der Waals surface area contributed by atoms with E-state index in [-0.39, 0.29) is 0 Å². The van der Waals surface area contributed by atoms with Crippen molar-refractivity contribution in [1.82, 2.24) is 14.6 Å². The molecule has 0 radical (unpaired) electrons. The molecule has 0 spiro atoms. The monoisotopic (exact) mass is 273 g/mol. The van der Waals surface area contributed by atoms with Crippen molar-refractivity contribution in [3.8, 4) is 0 Å². The van der Waals surface area contributed by atoms with Gasteiger partial charge in [0.2, 0.25) is 0 Å². The highest BCUT2D eigenvalue weighted by atomic mass is 127. The molecule has 0 saturated heterocycles. The number of hydrogen-bond donors (Lipinski definition) is 0. The first-order valence-electron chi connectivity index (χ1n) is 3.67. The summed E-state index contributed by atoms with van der Waals surface area (Å²) in [5.41, 5.74) is 2.12. The normalized spacial score (nSPS) is 10.9. The summed E-state index contributed by atoms with van der Waals surface area (Å²) in [7, 11) is 0. The molecule has 0 aliphatic heterocycles. The number of aryl methyl sites for hydroxylation is 2. The number of nitrogens with zero attached hydrogens (tertiary/aromatic N) is 3. The van der Waals surface area contributed by atoms with Crippen LogP contribution >= 0.6 is 22.6 Å². The van der Waals surface area contributed by atoms with Crippen molar-refractivity contribution in [1.29, 1.82) is 0 Å². The van der Waals surface area contributed by atoms with E-state index in [1.807, 2.05) is 24.4 Å². The third-order valence-corrected chi connectivity index (χ3v) is 2.56. The molecule has 2 rings (SSSR count). The SMILES string of the molecule is Cc1nc2c(C)ccc(I)n2n1. The van der Waals surface area contributed by atoms with Crippen LogP contribution in [0, 0.1) is 17.5 Å². The zero-order valence-electron chi connectivity index (χ0n) is 6.87. The van der Waals surface area contributed by atoms with Gasteiger partial charge in [-0.3, -0.25) is 0 Å². The van der Waals surface area contributed by atoms with Gasteiger partial charge in [-0.1, -0.05) is 6.07 Å². The summed E-state index contributed by atoms with van der Waals surface area (Å²) in [5.74, 6) is 0.821. The Bertz CT molecular complexity index is 394. The zero-order valence-corrected chi connectivity index (χ0v) is 9.03. The Balaban J connectivity index is 2.93. The van der Waals surface area contributed by atoms with E-state index in [4.69, 9.17) is 0 Å². The van der Waals surface area contributed by atoms with E-state index in [0.717, 1.165) is 20.7 Å². The van der Waals surface area contributed by atoms with Crippen molar-refractivity contribution < 1.29 is 0 Å². The number of fused-ring (bicyclic) bond motifs is 1. The molecule has 0 aliphatic rings. The summed E-state index contributed by atoms with van der Waals surface area (Å²) in [6, 6.07) is 4.10. The van der Waals surface area contributed by atoms with E-state index >= 15 is 0 Å². The van der Waals surface area contributed by atoms with Gasteiger partial charge in [-0.15, -0.1) is 0 Å². The second-order valence-corrected chi connectivity index (χ2v) is 3.84. The average Bonchev–Trinajstić information content (AvgIpc) is 2.41. The standard InChI is InChI=1S/C8H8IN3/c1-5-3-4-7(9)12-8(5)10-6(2)11-12/h3-4H,1-2H3. The van der Waals surface area contributed by atoms with Gasteiger partial charge in [-0.05, 0) is 48.1 Å². The molecule has 62 valence electrons. The Kier molecular flexibility index (Phi) is 1.79. The molecule has 2 heterocycles. The molecule has 3 nitrogen and oxygen atoms in total. The van der Waals surface area contributed by atoms with Gasteiger partial charge in [-0.25, -0.2) is 9.50 Å². The first-order valence-corrected chi connectivity index (χ1v) is 4.75. The summed E-state index contributed by atoms with van der Waals surface area (Å²) >= 11 is 2.25. The molecule has 0 atom stereocenters. The number of rotatable bonds is 0. The smallest absolute Gasteiger partial charge is 0.159 e. The number of hydrogen-bond acceptors (Lipinski definition) is 2. The molecule has 0 N–H and O–H groups in total. The average molecular weight is 273 g/mol. The van der Waals surface area contributed by atoms with Crippen molar-refractivity contribution in [2.24, 2.45) is 0 Å². The Morgan fingerprint density at radius 2 is 2.08 bits per heavy atom. The molecule has 0 unspecified atom stereocenters. The van der Waals surface area contributed by atoms with Crippen LogP contribution in [0.4, 0.5) is 0 Å². The van der Waals surface area contributed by atoms with E-state index in [1.165, 1.54) is 0 Å². The second kappa shape index (κ2) is 2.69. The Hall–Kier alpha value is -0.650. The maximum absolute atomic E-state index is 4.32. The minimum absolute atomic E-state index is 0.821. The quantitative estimate of drug-likeness (QED) is 0.542. The molecule has 0 saturated carbocycles. The predicted molar refractivity (Wildman–Crippen MR) is 55.2 cm³/mol. The minimum atomic E-state index is 0.821. The lowest BCUT2D eigenvalue weighted by Gasteiger charge is -1.97. The van der Waals surface area contributed by atoms with Crippen molar-refractivity contribution in [3.63, 3.8) is 0 Å². The topological polar surface area (TPSA) is 30.2 Å². The molecule has 4 heteroatoms. The van der Waals surface area contributed by atoms with Gasteiger partial charge in [0.1, 0.15) is 9.53 Å². The van der Waals surface area contributed by atoms with Crippen LogP contribution in [0.15, 0.2) is 12.1 Å². The van der Waals surface area contributed by atoms with Crippen LogP contribution in [-0.4, -0.2) is 14.6 Å². The fraction of sp³-hybridized carbons (Fsp3) is 0.250. The van der Waals surface area contributed by atoms with Crippen LogP contribution in [0.2, 0.25) is 0 Å². The van der Waals surface area contributed by atoms with Crippen LogP contribution in [0.3, 0.4) is 0 Å². The summed E-state index contributed by atoms with van der Waals surface area (Å²) in [5, 5.41) is 4.27. The van der Waals surface area contributed by atoms with Crippen molar-refractivity contribution in [3.05, 3.63) is 27.2 Å². The Morgan fingerprint density at radius 3 is 2.75 bits per heavy atom. The van der Waals surface area contributed by atoms with E-state index in [0.29, 0.717) is 0 Å². The van der Waals surface area contributed by atoms with E-state index < -0.39 is 0 Å². The lowest BCUT2D eigenvalue weighted by molar-refractivity contribution is 0.903.